The lowest BCUT2D eigenvalue weighted by molar-refractivity contribution is 0.482. The molecule has 1 nitrogen and oxygen atoms in total. The zero-order valence-electron chi connectivity index (χ0n) is 21.0. The van der Waals surface area contributed by atoms with Gasteiger partial charge in [-0.15, -0.1) is 0 Å². The summed E-state index contributed by atoms with van der Waals surface area (Å²) >= 11 is 3.77. The Kier molecular flexibility index (Phi) is 5.85. The van der Waals surface area contributed by atoms with E-state index in [1.165, 1.54) is 44.5 Å². The van der Waals surface area contributed by atoms with Crippen molar-refractivity contribution in [2.24, 2.45) is 0 Å². The first-order valence-corrected chi connectivity index (χ1v) is 13.3. The van der Waals surface area contributed by atoms with Gasteiger partial charge in [0.05, 0.1) is 5.41 Å². The van der Waals surface area contributed by atoms with E-state index in [0.29, 0.717) is 0 Å². The number of benzene rings is 5. The lowest BCUT2D eigenvalue weighted by Crippen LogP contribution is -2.29. The molecule has 0 saturated carbocycles. The van der Waals surface area contributed by atoms with Gasteiger partial charge in [0.25, 0.3) is 0 Å². The highest BCUT2D eigenvalue weighted by Gasteiger charge is 2.46. The van der Waals surface area contributed by atoms with Crippen molar-refractivity contribution in [1.29, 1.82) is 0 Å². The van der Waals surface area contributed by atoms with E-state index in [1.54, 1.807) is 0 Å². The molecule has 0 heterocycles. The van der Waals surface area contributed by atoms with E-state index in [1.807, 2.05) is 30.3 Å². The highest BCUT2D eigenvalue weighted by atomic mass is 79.9. The van der Waals surface area contributed by atoms with Gasteiger partial charge in [-0.2, -0.15) is 0 Å². The fourth-order valence-corrected chi connectivity index (χ4v) is 6.09. The minimum atomic E-state index is -0.435. The van der Waals surface area contributed by atoms with E-state index in [-0.39, 0.29) is 0 Å². The second-order valence-electron chi connectivity index (χ2n) is 9.70. The first-order valence-electron chi connectivity index (χ1n) is 12.5. The molecule has 6 rings (SSSR count). The van der Waals surface area contributed by atoms with Crippen LogP contribution in [-0.4, -0.2) is 0 Å². The molecule has 5 aromatic carbocycles. The SMILES string of the molecule is C=Cc1ccc(Oc2ccc(C3(c4cc(C)ccc4C)c4ccccc4-c4ccc(Br)cc43)cc2)cc1. The van der Waals surface area contributed by atoms with Crippen LogP contribution in [0.4, 0.5) is 0 Å². The highest BCUT2D eigenvalue weighted by Crippen LogP contribution is 2.57. The summed E-state index contributed by atoms with van der Waals surface area (Å²) in [5.74, 6) is 1.62. The van der Waals surface area contributed by atoms with Crippen molar-refractivity contribution in [1.82, 2.24) is 0 Å². The van der Waals surface area contributed by atoms with Crippen LogP contribution in [0.25, 0.3) is 17.2 Å². The van der Waals surface area contributed by atoms with Gasteiger partial charge in [0.1, 0.15) is 11.5 Å². The van der Waals surface area contributed by atoms with E-state index >= 15 is 0 Å². The molecule has 0 aliphatic heterocycles. The van der Waals surface area contributed by atoms with Crippen molar-refractivity contribution in [3.8, 4) is 22.6 Å². The number of hydrogen-bond acceptors (Lipinski definition) is 1. The summed E-state index contributed by atoms with van der Waals surface area (Å²) in [7, 11) is 0. The Morgan fingerprint density at radius 3 is 2.08 bits per heavy atom. The maximum absolute atomic E-state index is 6.19. The van der Waals surface area contributed by atoms with Crippen LogP contribution in [0.2, 0.25) is 0 Å². The standard InChI is InChI=1S/C35H27BrO/c1-4-25-11-16-28(17-12-25)37-29-18-13-26(14-19-29)35(33-21-23(2)9-10-24(33)3)32-8-6-5-7-30(32)31-20-15-27(36)22-34(31)35/h4-22H,1H2,2-3H3. The fourth-order valence-electron chi connectivity index (χ4n) is 5.73. The van der Waals surface area contributed by atoms with Crippen molar-refractivity contribution in [2.75, 3.05) is 0 Å². The summed E-state index contributed by atoms with van der Waals surface area (Å²) in [6, 6.07) is 38.9. The van der Waals surface area contributed by atoms with Gasteiger partial charge < -0.3 is 4.74 Å². The van der Waals surface area contributed by atoms with Crippen LogP contribution in [0.1, 0.15) is 38.9 Å². The number of fused-ring (bicyclic) bond motifs is 3. The lowest BCUT2D eigenvalue weighted by atomic mass is 9.66. The average Bonchev–Trinajstić information content (AvgIpc) is 3.21. The molecule has 1 atom stereocenters. The van der Waals surface area contributed by atoms with Crippen LogP contribution < -0.4 is 4.74 Å². The third kappa shape index (κ3) is 3.84. The van der Waals surface area contributed by atoms with Gasteiger partial charge >= 0.3 is 0 Å². The summed E-state index contributed by atoms with van der Waals surface area (Å²) in [5, 5.41) is 0. The molecular weight excluding hydrogens is 516 g/mol. The van der Waals surface area contributed by atoms with Gasteiger partial charge in [0.2, 0.25) is 0 Å². The van der Waals surface area contributed by atoms with Crippen LogP contribution in [0.15, 0.2) is 120 Å². The Morgan fingerprint density at radius 1 is 0.676 bits per heavy atom. The molecule has 0 amide bonds. The minimum Gasteiger partial charge on any atom is -0.457 e. The van der Waals surface area contributed by atoms with E-state index in [9.17, 15) is 0 Å². The molecule has 180 valence electrons. The zero-order valence-corrected chi connectivity index (χ0v) is 22.5. The van der Waals surface area contributed by atoms with Crippen molar-refractivity contribution in [3.05, 3.63) is 159 Å². The third-order valence-corrected chi connectivity index (χ3v) is 7.94. The van der Waals surface area contributed by atoms with Crippen LogP contribution in [0.3, 0.4) is 0 Å². The maximum atomic E-state index is 6.19. The van der Waals surface area contributed by atoms with E-state index < -0.39 is 5.41 Å². The maximum Gasteiger partial charge on any atom is 0.127 e. The second kappa shape index (κ2) is 9.21. The predicted molar refractivity (Wildman–Crippen MR) is 158 cm³/mol. The van der Waals surface area contributed by atoms with Crippen LogP contribution in [0, 0.1) is 13.8 Å². The van der Waals surface area contributed by atoms with Gasteiger partial charge in [0, 0.05) is 4.47 Å². The number of aryl methyl sites for hydroxylation is 2. The topological polar surface area (TPSA) is 9.23 Å². The fraction of sp³-hybridized carbons (Fsp3) is 0.0857. The molecule has 1 unspecified atom stereocenters. The van der Waals surface area contributed by atoms with Crippen LogP contribution >= 0.6 is 15.9 Å². The summed E-state index contributed by atoms with van der Waals surface area (Å²) in [6.07, 6.45) is 1.83. The Hall–Kier alpha value is -3.88. The molecule has 0 aromatic heterocycles. The van der Waals surface area contributed by atoms with Gasteiger partial charge in [-0.3, -0.25) is 0 Å². The number of rotatable bonds is 5. The lowest BCUT2D eigenvalue weighted by Gasteiger charge is -2.35. The molecule has 0 radical (unpaired) electrons. The number of halogens is 1. The first kappa shape index (κ1) is 23.5. The summed E-state index contributed by atoms with van der Waals surface area (Å²) in [5.41, 5.74) is 10.9. The first-order chi connectivity index (χ1) is 18.0. The van der Waals surface area contributed by atoms with Gasteiger partial charge in [-0.1, -0.05) is 107 Å². The third-order valence-electron chi connectivity index (χ3n) is 7.44. The number of ether oxygens (including phenoxy) is 1. The molecule has 0 N–H and O–H groups in total. The molecule has 0 bridgehead atoms. The smallest absolute Gasteiger partial charge is 0.127 e. The second-order valence-corrected chi connectivity index (χ2v) is 10.6. The molecule has 5 aromatic rings. The van der Waals surface area contributed by atoms with E-state index in [4.69, 9.17) is 4.74 Å². The average molecular weight is 544 g/mol. The monoisotopic (exact) mass is 542 g/mol. The zero-order chi connectivity index (χ0) is 25.6. The predicted octanol–water partition coefficient (Wildman–Crippen LogP) is 9.86. The van der Waals surface area contributed by atoms with Crippen LogP contribution in [-0.2, 0) is 5.41 Å². The van der Waals surface area contributed by atoms with Crippen molar-refractivity contribution in [3.63, 3.8) is 0 Å². The minimum absolute atomic E-state index is 0.435. The molecule has 0 saturated heterocycles. The van der Waals surface area contributed by atoms with Crippen molar-refractivity contribution < 1.29 is 4.74 Å². The molecule has 0 spiro atoms. The normalized spacial score (nSPS) is 15.6. The Balaban J connectivity index is 1.56. The van der Waals surface area contributed by atoms with E-state index in [2.05, 4.69) is 121 Å². The summed E-state index contributed by atoms with van der Waals surface area (Å²) in [6.45, 7) is 8.22. The van der Waals surface area contributed by atoms with Crippen LogP contribution in [0.5, 0.6) is 11.5 Å². The number of hydrogen-bond donors (Lipinski definition) is 0. The van der Waals surface area contributed by atoms with Gasteiger partial charge in [-0.25, -0.2) is 0 Å². The molecule has 37 heavy (non-hydrogen) atoms. The Labute approximate surface area is 227 Å². The van der Waals surface area contributed by atoms with Crippen molar-refractivity contribution in [2.45, 2.75) is 19.3 Å². The van der Waals surface area contributed by atoms with Crippen molar-refractivity contribution >= 4 is 22.0 Å². The molecule has 1 aliphatic carbocycles. The molecule has 1 aliphatic rings. The largest absolute Gasteiger partial charge is 0.457 e. The van der Waals surface area contributed by atoms with Gasteiger partial charge in [-0.05, 0) is 94.8 Å². The summed E-state index contributed by atoms with van der Waals surface area (Å²) in [4.78, 5) is 0. The summed E-state index contributed by atoms with van der Waals surface area (Å²) < 4.78 is 7.27. The van der Waals surface area contributed by atoms with Gasteiger partial charge in [0.15, 0.2) is 0 Å². The Morgan fingerprint density at radius 2 is 1.35 bits per heavy atom. The molecule has 2 heteroatoms. The Bertz CT molecular complexity index is 1630. The van der Waals surface area contributed by atoms with E-state index in [0.717, 1.165) is 21.5 Å². The molecular formula is C35H27BrO. The molecule has 0 fully saturated rings. The highest BCUT2D eigenvalue weighted by molar-refractivity contribution is 9.10. The quantitative estimate of drug-likeness (QED) is 0.210.